The summed E-state index contributed by atoms with van der Waals surface area (Å²) < 4.78 is 0. The molecular formula is C13H21N3S. The molecule has 0 aliphatic heterocycles. The first-order valence-corrected chi connectivity index (χ1v) is 7.56. The van der Waals surface area contributed by atoms with Crippen molar-refractivity contribution in [2.75, 3.05) is 12.3 Å². The second kappa shape index (κ2) is 7.67. The van der Waals surface area contributed by atoms with E-state index in [1.165, 1.54) is 38.5 Å². The third kappa shape index (κ3) is 5.04. The van der Waals surface area contributed by atoms with Crippen LogP contribution >= 0.6 is 11.8 Å². The molecule has 4 heteroatoms. The summed E-state index contributed by atoms with van der Waals surface area (Å²) in [5.41, 5.74) is 0. The van der Waals surface area contributed by atoms with Crippen LogP contribution in [0.1, 0.15) is 38.5 Å². The van der Waals surface area contributed by atoms with Crippen molar-refractivity contribution < 1.29 is 0 Å². The maximum Gasteiger partial charge on any atom is 0.114 e. The summed E-state index contributed by atoms with van der Waals surface area (Å²) in [7, 11) is 0. The van der Waals surface area contributed by atoms with E-state index in [1.54, 1.807) is 24.2 Å². The number of thioether (sulfide) groups is 1. The summed E-state index contributed by atoms with van der Waals surface area (Å²) in [6.45, 7) is 1.14. The lowest BCUT2D eigenvalue weighted by Crippen LogP contribution is -2.31. The minimum absolute atomic E-state index is 0.783. The highest BCUT2D eigenvalue weighted by Crippen LogP contribution is 2.17. The first-order chi connectivity index (χ1) is 8.45. The molecule has 1 aliphatic carbocycles. The van der Waals surface area contributed by atoms with Crippen molar-refractivity contribution >= 4 is 11.8 Å². The van der Waals surface area contributed by atoms with Crippen LogP contribution in [0.4, 0.5) is 0 Å². The molecule has 0 spiro atoms. The number of hydrogen-bond acceptors (Lipinski definition) is 4. The Morgan fingerprint density at radius 3 is 2.88 bits per heavy atom. The molecule has 0 aromatic carbocycles. The normalized spacial score (nSPS) is 17.2. The topological polar surface area (TPSA) is 37.8 Å². The maximum absolute atomic E-state index is 4.25. The molecule has 2 rings (SSSR count). The average molecular weight is 251 g/mol. The molecule has 0 atom stereocenters. The third-order valence-corrected chi connectivity index (χ3v) is 4.15. The fraction of sp³-hybridized carbons (Fsp3) is 0.692. The molecule has 1 fully saturated rings. The molecule has 0 saturated heterocycles. The molecule has 0 bridgehead atoms. The van der Waals surface area contributed by atoms with Crippen LogP contribution in [-0.4, -0.2) is 28.3 Å². The van der Waals surface area contributed by atoms with E-state index in [0.29, 0.717) is 0 Å². The van der Waals surface area contributed by atoms with Gasteiger partial charge in [-0.05, 0) is 25.8 Å². The Morgan fingerprint density at radius 2 is 2.12 bits per heavy atom. The van der Waals surface area contributed by atoms with Crippen LogP contribution in [0.15, 0.2) is 23.6 Å². The summed E-state index contributed by atoms with van der Waals surface area (Å²) in [6, 6.07) is 0.783. The van der Waals surface area contributed by atoms with Crippen LogP contribution < -0.4 is 5.32 Å². The van der Waals surface area contributed by atoms with Crippen molar-refractivity contribution in [1.29, 1.82) is 0 Å². The van der Waals surface area contributed by atoms with E-state index in [9.17, 15) is 0 Å². The monoisotopic (exact) mass is 251 g/mol. The van der Waals surface area contributed by atoms with Crippen molar-refractivity contribution in [3.63, 3.8) is 0 Å². The first kappa shape index (κ1) is 12.8. The van der Waals surface area contributed by atoms with Crippen molar-refractivity contribution in [2.45, 2.75) is 49.6 Å². The molecular weight excluding hydrogens is 230 g/mol. The van der Waals surface area contributed by atoms with Gasteiger partial charge in [0.05, 0.1) is 6.20 Å². The predicted octanol–water partition coefficient (Wildman–Crippen LogP) is 2.88. The van der Waals surface area contributed by atoms with Crippen LogP contribution in [0, 0.1) is 0 Å². The molecule has 94 valence electrons. The van der Waals surface area contributed by atoms with Gasteiger partial charge in [-0.15, -0.1) is 11.8 Å². The Balaban J connectivity index is 1.51. The van der Waals surface area contributed by atoms with Gasteiger partial charge in [-0.2, -0.15) is 0 Å². The van der Waals surface area contributed by atoms with E-state index in [0.717, 1.165) is 23.4 Å². The Morgan fingerprint density at radius 1 is 1.24 bits per heavy atom. The van der Waals surface area contributed by atoms with Gasteiger partial charge in [0, 0.05) is 24.2 Å². The summed E-state index contributed by atoms with van der Waals surface area (Å²) in [6.07, 6.45) is 13.5. The van der Waals surface area contributed by atoms with Crippen LogP contribution in [0.5, 0.6) is 0 Å². The van der Waals surface area contributed by atoms with E-state index in [4.69, 9.17) is 0 Å². The van der Waals surface area contributed by atoms with Gasteiger partial charge in [-0.1, -0.05) is 19.3 Å². The quantitative estimate of drug-likeness (QED) is 0.623. The van der Waals surface area contributed by atoms with Gasteiger partial charge < -0.3 is 5.32 Å². The molecule has 1 heterocycles. The van der Waals surface area contributed by atoms with E-state index >= 15 is 0 Å². The fourth-order valence-corrected chi connectivity index (χ4v) is 2.99. The summed E-state index contributed by atoms with van der Waals surface area (Å²) in [5, 5.41) is 4.69. The molecule has 0 radical (unpaired) electrons. The van der Waals surface area contributed by atoms with Crippen LogP contribution in [0.25, 0.3) is 0 Å². The highest BCUT2D eigenvalue weighted by Gasteiger charge is 2.11. The average Bonchev–Trinajstić information content (AvgIpc) is 2.41. The Bertz CT molecular complexity index is 299. The predicted molar refractivity (Wildman–Crippen MR) is 72.2 cm³/mol. The van der Waals surface area contributed by atoms with Gasteiger partial charge in [0.15, 0.2) is 0 Å². The van der Waals surface area contributed by atoms with Crippen LogP contribution in [-0.2, 0) is 0 Å². The van der Waals surface area contributed by atoms with Crippen LogP contribution in [0.3, 0.4) is 0 Å². The lowest BCUT2D eigenvalue weighted by molar-refractivity contribution is 0.375. The van der Waals surface area contributed by atoms with Gasteiger partial charge in [0.2, 0.25) is 0 Å². The molecule has 3 nitrogen and oxygen atoms in total. The number of rotatable bonds is 6. The number of nitrogens with one attached hydrogen (secondary N) is 1. The summed E-state index contributed by atoms with van der Waals surface area (Å²) >= 11 is 1.79. The molecule has 17 heavy (non-hydrogen) atoms. The zero-order valence-corrected chi connectivity index (χ0v) is 11.1. The van der Waals surface area contributed by atoms with Gasteiger partial charge in [0.25, 0.3) is 0 Å². The molecule has 0 amide bonds. The van der Waals surface area contributed by atoms with Crippen molar-refractivity contribution in [3.05, 3.63) is 18.6 Å². The molecule has 1 aliphatic rings. The van der Waals surface area contributed by atoms with Gasteiger partial charge in [-0.25, -0.2) is 4.98 Å². The zero-order chi connectivity index (χ0) is 11.8. The van der Waals surface area contributed by atoms with Crippen LogP contribution in [0.2, 0.25) is 0 Å². The Hall–Kier alpha value is -0.610. The van der Waals surface area contributed by atoms with Crippen molar-refractivity contribution in [2.24, 2.45) is 0 Å². The first-order valence-electron chi connectivity index (χ1n) is 6.57. The van der Waals surface area contributed by atoms with Crippen molar-refractivity contribution in [1.82, 2.24) is 15.3 Å². The van der Waals surface area contributed by atoms with E-state index in [2.05, 4.69) is 15.3 Å². The SMILES string of the molecule is c1cnc(SCCCNC2CCCCC2)cn1. The second-order valence-electron chi connectivity index (χ2n) is 4.53. The minimum atomic E-state index is 0.783. The Labute approximate surface area is 108 Å². The third-order valence-electron chi connectivity index (χ3n) is 3.15. The lowest BCUT2D eigenvalue weighted by Gasteiger charge is -2.22. The van der Waals surface area contributed by atoms with Crippen molar-refractivity contribution in [3.8, 4) is 0 Å². The summed E-state index contributed by atoms with van der Waals surface area (Å²) in [5.74, 6) is 1.12. The molecule has 1 aromatic heterocycles. The fourth-order valence-electron chi connectivity index (χ4n) is 2.22. The summed E-state index contributed by atoms with van der Waals surface area (Å²) in [4.78, 5) is 8.30. The zero-order valence-electron chi connectivity index (χ0n) is 10.3. The van der Waals surface area contributed by atoms with Gasteiger partial charge in [0.1, 0.15) is 5.03 Å². The van der Waals surface area contributed by atoms with E-state index in [-0.39, 0.29) is 0 Å². The standard InChI is InChI=1S/C13H21N3S/c1-2-5-12(6-3-1)15-7-4-10-17-13-11-14-8-9-16-13/h8-9,11-12,15H,1-7,10H2. The number of aromatic nitrogens is 2. The maximum atomic E-state index is 4.25. The lowest BCUT2D eigenvalue weighted by atomic mass is 9.95. The minimum Gasteiger partial charge on any atom is -0.314 e. The smallest absolute Gasteiger partial charge is 0.114 e. The largest absolute Gasteiger partial charge is 0.314 e. The molecule has 0 unspecified atom stereocenters. The molecule has 1 N–H and O–H groups in total. The second-order valence-corrected chi connectivity index (χ2v) is 5.65. The van der Waals surface area contributed by atoms with Gasteiger partial charge >= 0.3 is 0 Å². The van der Waals surface area contributed by atoms with Gasteiger partial charge in [-0.3, -0.25) is 4.98 Å². The highest BCUT2D eigenvalue weighted by molar-refractivity contribution is 7.99. The van der Waals surface area contributed by atoms with E-state index in [1.807, 2.05) is 6.20 Å². The highest BCUT2D eigenvalue weighted by atomic mass is 32.2. The number of hydrogen-bond donors (Lipinski definition) is 1. The number of nitrogens with zero attached hydrogens (tertiary/aromatic N) is 2. The Kier molecular flexibility index (Phi) is 5.79. The molecule has 1 aromatic rings. The molecule has 1 saturated carbocycles. The van der Waals surface area contributed by atoms with E-state index < -0.39 is 0 Å².